The molecule has 0 radical (unpaired) electrons. The predicted molar refractivity (Wildman–Crippen MR) is 94.2 cm³/mol. The summed E-state index contributed by atoms with van der Waals surface area (Å²) in [6.45, 7) is 4.15. The molecule has 1 rings (SSSR count). The molecule has 1 unspecified atom stereocenters. The second-order valence-corrected chi connectivity index (χ2v) is 7.82. The van der Waals surface area contributed by atoms with Crippen LogP contribution in [0.1, 0.15) is 19.4 Å². The fourth-order valence-electron chi connectivity index (χ4n) is 2.17. The molecule has 0 saturated heterocycles. The van der Waals surface area contributed by atoms with Gasteiger partial charge in [0.05, 0.1) is 17.4 Å². The highest BCUT2D eigenvalue weighted by molar-refractivity contribution is 8.23. The smallest absolute Gasteiger partial charge is 0.307 e. The SMILES string of the molecule is CCOP(=O)(OCC)C(NC)(C(=S)SC)c1ccccc1. The Morgan fingerprint density at radius 1 is 1.29 bits per heavy atom. The maximum absolute atomic E-state index is 13.5. The Balaban J connectivity index is 3.56. The van der Waals surface area contributed by atoms with Crippen LogP contribution in [0.15, 0.2) is 30.3 Å². The van der Waals surface area contributed by atoms with E-state index in [1.807, 2.05) is 36.6 Å². The summed E-state index contributed by atoms with van der Waals surface area (Å²) in [6, 6.07) is 9.42. The zero-order chi connectivity index (χ0) is 15.9. The molecule has 0 aliphatic heterocycles. The lowest BCUT2D eigenvalue weighted by Gasteiger charge is -2.38. The Hall–Kier alpha value is -0.230. The van der Waals surface area contributed by atoms with Crippen LogP contribution in [0.5, 0.6) is 0 Å². The van der Waals surface area contributed by atoms with Crippen LogP contribution in [0.3, 0.4) is 0 Å². The van der Waals surface area contributed by atoms with Crippen LogP contribution in [-0.2, 0) is 18.9 Å². The van der Waals surface area contributed by atoms with Crippen molar-refractivity contribution >= 4 is 35.8 Å². The van der Waals surface area contributed by atoms with E-state index >= 15 is 0 Å². The second-order valence-electron chi connectivity index (χ2n) is 4.15. The van der Waals surface area contributed by atoms with Crippen LogP contribution in [-0.4, -0.2) is 30.7 Å². The van der Waals surface area contributed by atoms with Gasteiger partial charge in [0.25, 0.3) is 0 Å². The van der Waals surface area contributed by atoms with Crippen molar-refractivity contribution in [1.29, 1.82) is 0 Å². The number of rotatable bonds is 8. The highest BCUT2D eigenvalue weighted by Crippen LogP contribution is 2.65. The van der Waals surface area contributed by atoms with Crippen molar-refractivity contribution in [2.24, 2.45) is 0 Å². The molecule has 21 heavy (non-hydrogen) atoms. The van der Waals surface area contributed by atoms with Gasteiger partial charge in [-0.15, -0.1) is 11.8 Å². The average Bonchev–Trinajstić information content (AvgIpc) is 2.49. The third kappa shape index (κ3) is 3.58. The molecular weight excluding hydrogens is 325 g/mol. The van der Waals surface area contributed by atoms with Crippen molar-refractivity contribution in [2.45, 2.75) is 19.1 Å². The van der Waals surface area contributed by atoms with Gasteiger partial charge in [0.1, 0.15) is 0 Å². The number of thioether (sulfide) groups is 1. The van der Waals surface area contributed by atoms with Gasteiger partial charge in [0, 0.05) is 0 Å². The van der Waals surface area contributed by atoms with Crippen LogP contribution in [0.4, 0.5) is 0 Å². The van der Waals surface area contributed by atoms with Crippen LogP contribution < -0.4 is 5.32 Å². The minimum Gasteiger partial charge on any atom is -0.307 e. The van der Waals surface area contributed by atoms with Gasteiger partial charge in [0.2, 0.25) is 0 Å². The van der Waals surface area contributed by atoms with E-state index in [-0.39, 0.29) is 13.2 Å². The summed E-state index contributed by atoms with van der Waals surface area (Å²) in [7, 11) is -1.81. The maximum Gasteiger partial charge on any atom is 0.361 e. The van der Waals surface area contributed by atoms with E-state index in [4.69, 9.17) is 21.3 Å². The van der Waals surface area contributed by atoms with Gasteiger partial charge >= 0.3 is 7.60 Å². The third-order valence-electron chi connectivity index (χ3n) is 3.04. The largest absolute Gasteiger partial charge is 0.361 e. The molecule has 1 N–H and O–H groups in total. The molecule has 0 saturated carbocycles. The highest BCUT2D eigenvalue weighted by Gasteiger charge is 2.54. The molecule has 4 nitrogen and oxygen atoms in total. The van der Waals surface area contributed by atoms with Crippen molar-refractivity contribution < 1.29 is 13.6 Å². The van der Waals surface area contributed by atoms with Crippen LogP contribution in [0.25, 0.3) is 0 Å². The molecule has 0 aliphatic rings. The lowest BCUT2D eigenvalue weighted by Crippen LogP contribution is -2.46. The van der Waals surface area contributed by atoms with Crippen molar-refractivity contribution in [1.82, 2.24) is 5.32 Å². The molecule has 1 aromatic carbocycles. The van der Waals surface area contributed by atoms with Crippen molar-refractivity contribution in [2.75, 3.05) is 26.5 Å². The third-order valence-corrected chi connectivity index (χ3v) is 7.55. The van der Waals surface area contributed by atoms with Gasteiger partial charge in [-0.1, -0.05) is 42.5 Å². The van der Waals surface area contributed by atoms with Gasteiger partial charge < -0.3 is 9.05 Å². The quantitative estimate of drug-likeness (QED) is 0.566. The molecule has 1 atom stereocenters. The van der Waals surface area contributed by atoms with Gasteiger partial charge in [0.15, 0.2) is 5.28 Å². The van der Waals surface area contributed by atoms with Crippen molar-refractivity contribution in [3.8, 4) is 0 Å². The molecule has 0 aromatic heterocycles. The average molecular weight is 347 g/mol. The molecule has 7 heteroatoms. The van der Waals surface area contributed by atoms with E-state index in [1.54, 1.807) is 20.9 Å². The topological polar surface area (TPSA) is 47.6 Å². The minimum absolute atomic E-state index is 0.282. The Morgan fingerprint density at radius 2 is 1.81 bits per heavy atom. The molecular formula is C14H22NO3PS2. The number of hydrogen-bond acceptors (Lipinski definition) is 6. The summed E-state index contributed by atoms with van der Waals surface area (Å²) in [4.78, 5) is 0. The van der Waals surface area contributed by atoms with E-state index in [1.165, 1.54) is 11.8 Å². The number of benzene rings is 1. The van der Waals surface area contributed by atoms with E-state index in [0.29, 0.717) is 4.20 Å². The lowest BCUT2D eigenvalue weighted by atomic mass is 10.1. The van der Waals surface area contributed by atoms with E-state index in [2.05, 4.69) is 5.32 Å². The summed E-state index contributed by atoms with van der Waals surface area (Å²) < 4.78 is 25.1. The summed E-state index contributed by atoms with van der Waals surface area (Å²) in [5.74, 6) is 0. The molecule has 0 bridgehead atoms. The fraction of sp³-hybridized carbons (Fsp3) is 0.500. The molecule has 0 aliphatic carbocycles. The summed E-state index contributed by atoms with van der Waals surface area (Å²) in [5, 5.41) is 1.97. The summed E-state index contributed by atoms with van der Waals surface area (Å²) >= 11 is 6.88. The first-order valence-corrected chi connectivity index (χ1v) is 9.92. The van der Waals surface area contributed by atoms with Crippen molar-refractivity contribution in [3.05, 3.63) is 35.9 Å². The fourth-order valence-corrected chi connectivity index (χ4v) is 5.95. The second kappa shape index (κ2) is 8.42. The molecule has 0 heterocycles. The van der Waals surface area contributed by atoms with E-state index < -0.39 is 12.9 Å². The molecule has 0 fully saturated rings. The minimum atomic E-state index is -3.53. The lowest BCUT2D eigenvalue weighted by molar-refractivity contribution is 0.201. The van der Waals surface area contributed by atoms with E-state index in [9.17, 15) is 4.57 Å². The Labute approximate surface area is 136 Å². The Kier molecular flexibility index (Phi) is 7.54. The van der Waals surface area contributed by atoms with Gasteiger partial charge in [-0.3, -0.25) is 9.88 Å². The Morgan fingerprint density at radius 3 is 2.19 bits per heavy atom. The van der Waals surface area contributed by atoms with Crippen LogP contribution >= 0.6 is 31.6 Å². The number of nitrogens with one attached hydrogen (secondary N) is 1. The van der Waals surface area contributed by atoms with Gasteiger partial charge in [-0.25, -0.2) is 0 Å². The maximum atomic E-state index is 13.5. The first kappa shape index (κ1) is 18.8. The van der Waals surface area contributed by atoms with Gasteiger partial charge in [-0.05, 0) is 32.7 Å². The molecule has 0 spiro atoms. The number of hydrogen-bond donors (Lipinski definition) is 1. The normalized spacial score (nSPS) is 14.7. The first-order valence-electron chi connectivity index (χ1n) is 6.74. The Bertz CT molecular complexity index is 502. The number of thiocarbonyl (C=S) groups is 1. The molecule has 0 amide bonds. The summed E-state index contributed by atoms with van der Waals surface area (Å²) in [5.41, 5.74) is 0.775. The molecule has 1 aromatic rings. The molecule has 118 valence electrons. The first-order chi connectivity index (χ1) is 10.0. The van der Waals surface area contributed by atoms with Crippen LogP contribution in [0, 0.1) is 0 Å². The zero-order valence-electron chi connectivity index (χ0n) is 12.8. The predicted octanol–water partition coefficient (Wildman–Crippen LogP) is 4.02. The monoisotopic (exact) mass is 347 g/mol. The summed E-state index contributed by atoms with van der Waals surface area (Å²) in [6.07, 6.45) is 1.86. The highest BCUT2D eigenvalue weighted by atomic mass is 32.2. The van der Waals surface area contributed by atoms with E-state index in [0.717, 1.165) is 5.56 Å². The van der Waals surface area contributed by atoms with Gasteiger partial charge in [-0.2, -0.15) is 0 Å². The van der Waals surface area contributed by atoms with Crippen LogP contribution in [0.2, 0.25) is 0 Å². The zero-order valence-corrected chi connectivity index (χ0v) is 15.3. The van der Waals surface area contributed by atoms with Crippen molar-refractivity contribution in [3.63, 3.8) is 0 Å². The standard InChI is InChI=1S/C14H22NO3PS2/c1-5-17-19(16,18-6-2)14(15-3,13(20)21-4)12-10-8-7-9-11-12/h7-11,15H,5-6H2,1-4H3.